The monoisotopic (exact) mass is 313 g/mol. The van der Waals surface area contributed by atoms with Gasteiger partial charge in [-0.3, -0.25) is 4.79 Å². The van der Waals surface area contributed by atoms with E-state index >= 15 is 0 Å². The molecular formula is C18H23N3O2. The van der Waals surface area contributed by atoms with E-state index in [-0.39, 0.29) is 5.91 Å². The topological polar surface area (TPSA) is 56.1 Å². The van der Waals surface area contributed by atoms with Gasteiger partial charge in [-0.15, -0.1) is 0 Å². The van der Waals surface area contributed by atoms with Crippen molar-refractivity contribution in [3.8, 4) is 5.75 Å². The van der Waals surface area contributed by atoms with Crippen LogP contribution in [0.1, 0.15) is 54.1 Å². The van der Waals surface area contributed by atoms with Crippen LogP contribution in [0.25, 0.3) is 0 Å². The molecule has 1 amide bonds. The minimum Gasteiger partial charge on any atom is -0.496 e. The zero-order valence-electron chi connectivity index (χ0n) is 13.7. The molecule has 1 aliphatic rings. The first kappa shape index (κ1) is 15.6. The second-order valence-electron chi connectivity index (χ2n) is 6.09. The highest BCUT2D eigenvalue weighted by Crippen LogP contribution is 2.30. The Balaban J connectivity index is 1.77. The number of aromatic nitrogens is 2. The average molecular weight is 313 g/mol. The van der Waals surface area contributed by atoms with Crippen molar-refractivity contribution in [3.05, 3.63) is 41.6 Å². The standard InChI is InChI=1S/C18H23N3O2/c1-13-8-9-14(12-16(13)23-2)18(22)20-17-10-11-19-21(17)15-6-4-3-5-7-15/h8-12,15H,3-7H2,1-2H3,(H,20,22). The molecule has 0 spiro atoms. The Morgan fingerprint density at radius 1 is 1.26 bits per heavy atom. The molecule has 0 atom stereocenters. The molecule has 1 saturated carbocycles. The van der Waals surface area contributed by atoms with Gasteiger partial charge >= 0.3 is 0 Å². The van der Waals surface area contributed by atoms with Gasteiger partial charge in [0.05, 0.1) is 19.3 Å². The van der Waals surface area contributed by atoms with Crippen molar-refractivity contribution in [2.45, 2.75) is 45.1 Å². The highest BCUT2D eigenvalue weighted by Gasteiger charge is 2.19. The molecule has 0 unspecified atom stereocenters. The molecule has 0 saturated heterocycles. The fourth-order valence-electron chi connectivity index (χ4n) is 3.18. The number of methoxy groups -OCH3 is 1. The molecule has 3 rings (SSSR count). The van der Waals surface area contributed by atoms with E-state index in [1.54, 1.807) is 19.4 Å². The Morgan fingerprint density at radius 2 is 2.04 bits per heavy atom. The molecule has 1 fully saturated rings. The molecule has 1 heterocycles. The third kappa shape index (κ3) is 3.38. The number of nitrogens with zero attached hydrogens (tertiary/aromatic N) is 2. The number of ether oxygens (including phenoxy) is 1. The highest BCUT2D eigenvalue weighted by molar-refractivity contribution is 6.04. The minimum absolute atomic E-state index is 0.138. The molecular weight excluding hydrogens is 290 g/mol. The number of carbonyl (C=O) groups excluding carboxylic acids is 1. The summed E-state index contributed by atoms with van der Waals surface area (Å²) < 4.78 is 7.25. The van der Waals surface area contributed by atoms with Crippen LogP contribution in [0.5, 0.6) is 5.75 Å². The van der Waals surface area contributed by atoms with Crippen molar-refractivity contribution in [2.24, 2.45) is 0 Å². The van der Waals surface area contributed by atoms with E-state index < -0.39 is 0 Å². The van der Waals surface area contributed by atoms with Crippen LogP contribution in [0.3, 0.4) is 0 Å². The molecule has 1 aromatic heterocycles. The average Bonchev–Trinajstić information content (AvgIpc) is 3.04. The van der Waals surface area contributed by atoms with Crippen molar-refractivity contribution < 1.29 is 9.53 Å². The van der Waals surface area contributed by atoms with Crippen molar-refractivity contribution in [3.63, 3.8) is 0 Å². The summed E-state index contributed by atoms with van der Waals surface area (Å²) in [4.78, 5) is 12.5. The Bertz CT molecular complexity index is 687. The van der Waals surface area contributed by atoms with Crippen LogP contribution in [0.15, 0.2) is 30.5 Å². The van der Waals surface area contributed by atoms with Gasteiger partial charge in [0.15, 0.2) is 0 Å². The van der Waals surface area contributed by atoms with Crippen LogP contribution < -0.4 is 10.1 Å². The quantitative estimate of drug-likeness (QED) is 0.929. The maximum absolute atomic E-state index is 12.5. The van der Waals surface area contributed by atoms with Gasteiger partial charge in [-0.2, -0.15) is 5.10 Å². The number of aryl methyl sites for hydroxylation is 1. The van der Waals surface area contributed by atoms with Crippen LogP contribution in [-0.4, -0.2) is 22.8 Å². The molecule has 5 nitrogen and oxygen atoms in total. The zero-order chi connectivity index (χ0) is 16.2. The lowest BCUT2D eigenvalue weighted by atomic mass is 9.96. The SMILES string of the molecule is COc1cc(C(=O)Nc2ccnn2C2CCCCC2)ccc1C. The number of benzene rings is 1. The fourth-order valence-corrected chi connectivity index (χ4v) is 3.18. The van der Waals surface area contributed by atoms with Crippen molar-refractivity contribution in [2.75, 3.05) is 12.4 Å². The van der Waals surface area contributed by atoms with E-state index in [1.165, 1.54) is 19.3 Å². The molecule has 1 N–H and O–H groups in total. The fraction of sp³-hybridized carbons (Fsp3) is 0.444. The number of hydrogen-bond donors (Lipinski definition) is 1. The van der Waals surface area contributed by atoms with E-state index in [0.29, 0.717) is 11.6 Å². The molecule has 122 valence electrons. The number of rotatable bonds is 4. The molecule has 1 aliphatic carbocycles. The molecule has 0 radical (unpaired) electrons. The van der Waals surface area contributed by atoms with Crippen molar-refractivity contribution in [1.82, 2.24) is 9.78 Å². The molecule has 23 heavy (non-hydrogen) atoms. The number of hydrogen-bond acceptors (Lipinski definition) is 3. The second-order valence-corrected chi connectivity index (χ2v) is 6.09. The number of nitrogens with one attached hydrogen (secondary N) is 1. The number of carbonyl (C=O) groups is 1. The van der Waals surface area contributed by atoms with Gasteiger partial charge in [0.25, 0.3) is 5.91 Å². The lowest BCUT2D eigenvalue weighted by Crippen LogP contribution is -2.20. The van der Waals surface area contributed by atoms with E-state index in [2.05, 4.69) is 10.4 Å². The van der Waals surface area contributed by atoms with Gasteiger partial charge in [0.2, 0.25) is 0 Å². The lowest BCUT2D eigenvalue weighted by Gasteiger charge is -2.23. The number of anilines is 1. The van der Waals surface area contributed by atoms with Gasteiger partial charge in [0, 0.05) is 11.6 Å². The Labute approximate surface area is 136 Å². The first-order chi connectivity index (χ1) is 11.2. The van der Waals surface area contributed by atoms with Gasteiger partial charge in [-0.1, -0.05) is 25.3 Å². The van der Waals surface area contributed by atoms with E-state index in [4.69, 9.17) is 4.74 Å². The summed E-state index contributed by atoms with van der Waals surface area (Å²) in [7, 11) is 1.61. The van der Waals surface area contributed by atoms with Crippen LogP contribution in [0.4, 0.5) is 5.82 Å². The molecule has 1 aromatic carbocycles. The first-order valence-electron chi connectivity index (χ1n) is 8.18. The Morgan fingerprint density at radius 3 is 2.78 bits per heavy atom. The van der Waals surface area contributed by atoms with E-state index in [9.17, 15) is 4.79 Å². The van der Waals surface area contributed by atoms with Crippen molar-refractivity contribution >= 4 is 11.7 Å². The smallest absolute Gasteiger partial charge is 0.256 e. The van der Waals surface area contributed by atoms with Crippen LogP contribution in [-0.2, 0) is 0 Å². The highest BCUT2D eigenvalue weighted by atomic mass is 16.5. The minimum atomic E-state index is -0.138. The van der Waals surface area contributed by atoms with Gasteiger partial charge < -0.3 is 10.1 Å². The van der Waals surface area contributed by atoms with Crippen LogP contribution in [0, 0.1) is 6.92 Å². The van der Waals surface area contributed by atoms with Crippen LogP contribution in [0.2, 0.25) is 0 Å². The third-order valence-corrected chi connectivity index (χ3v) is 4.50. The van der Waals surface area contributed by atoms with Crippen molar-refractivity contribution in [1.29, 1.82) is 0 Å². The first-order valence-corrected chi connectivity index (χ1v) is 8.18. The van der Waals surface area contributed by atoms with Gasteiger partial charge in [0.1, 0.15) is 11.6 Å². The molecule has 5 heteroatoms. The van der Waals surface area contributed by atoms with E-state index in [0.717, 1.165) is 30.0 Å². The van der Waals surface area contributed by atoms with E-state index in [1.807, 2.05) is 29.8 Å². The lowest BCUT2D eigenvalue weighted by molar-refractivity contribution is 0.102. The summed E-state index contributed by atoms with van der Waals surface area (Å²) in [6.45, 7) is 1.96. The summed E-state index contributed by atoms with van der Waals surface area (Å²) in [5, 5.41) is 7.39. The summed E-state index contributed by atoms with van der Waals surface area (Å²) in [5.41, 5.74) is 1.60. The Kier molecular flexibility index (Phi) is 4.65. The predicted octanol–water partition coefficient (Wildman–Crippen LogP) is 3.96. The zero-order valence-corrected chi connectivity index (χ0v) is 13.7. The normalized spacial score (nSPS) is 15.4. The summed E-state index contributed by atoms with van der Waals surface area (Å²) in [6.07, 6.45) is 7.76. The number of amides is 1. The maximum atomic E-state index is 12.5. The molecule has 0 bridgehead atoms. The summed E-state index contributed by atoms with van der Waals surface area (Å²) in [6, 6.07) is 7.73. The molecule has 2 aromatic rings. The third-order valence-electron chi connectivity index (χ3n) is 4.50. The maximum Gasteiger partial charge on any atom is 0.256 e. The summed E-state index contributed by atoms with van der Waals surface area (Å²) >= 11 is 0. The second kappa shape index (κ2) is 6.86. The predicted molar refractivity (Wildman–Crippen MR) is 90.0 cm³/mol. The largest absolute Gasteiger partial charge is 0.496 e. The van der Waals surface area contributed by atoms with Crippen LogP contribution >= 0.6 is 0 Å². The van der Waals surface area contributed by atoms with Gasteiger partial charge in [-0.05, 0) is 37.5 Å². The summed E-state index contributed by atoms with van der Waals surface area (Å²) in [5.74, 6) is 1.35. The molecule has 0 aliphatic heterocycles. The Hall–Kier alpha value is -2.30. The van der Waals surface area contributed by atoms with Gasteiger partial charge in [-0.25, -0.2) is 4.68 Å².